The Balaban J connectivity index is 1.66. The molecule has 0 bridgehead atoms. The van der Waals surface area contributed by atoms with Crippen LogP contribution >= 0.6 is 0 Å². The largest absolute Gasteiger partial charge is 0.456 e. The van der Waals surface area contributed by atoms with E-state index in [4.69, 9.17) is 14.2 Å². The molecule has 2 aromatic carbocycles. The molecule has 0 atom stereocenters. The minimum atomic E-state index is -0.687. The summed E-state index contributed by atoms with van der Waals surface area (Å²) in [5.41, 5.74) is 4.67. The SMILES string of the molecule is Cc1c(OC=O)cc(-c2cc3c(cc2C(=O)OC(C)(C)C)CN(C(=O)OCc2ccccc2)CC3)n1C. The molecule has 0 radical (unpaired) electrons. The monoisotopic (exact) mass is 504 g/mol. The standard InChI is InChI=1S/C29H32N2O6/c1-19-26(36-18-32)15-25(30(19)5)23-13-21-11-12-31(28(34)35-17-20-9-7-6-8-10-20)16-22(21)14-24(23)27(33)37-29(2,3)4/h6-10,13-15,18H,11-12,16-17H2,1-5H3. The van der Waals surface area contributed by atoms with Gasteiger partial charge < -0.3 is 23.7 Å². The van der Waals surface area contributed by atoms with Gasteiger partial charge in [0.05, 0.1) is 17.0 Å². The van der Waals surface area contributed by atoms with E-state index in [9.17, 15) is 14.4 Å². The van der Waals surface area contributed by atoms with E-state index in [1.54, 1.807) is 17.0 Å². The lowest BCUT2D eigenvalue weighted by atomic mass is 9.92. The Kier molecular flexibility index (Phi) is 7.38. The lowest BCUT2D eigenvalue weighted by Crippen LogP contribution is -2.36. The fourth-order valence-corrected chi connectivity index (χ4v) is 4.39. The highest BCUT2D eigenvalue weighted by atomic mass is 16.6. The first-order valence-corrected chi connectivity index (χ1v) is 12.2. The summed E-state index contributed by atoms with van der Waals surface area (Å²) < 4.78 is 18.3. The third-order valence-corrected chi connectivity index (χ3v) is 6.37. The Morgan fingerprint density at radius 3 is 2.46 bits per heavy atom. The van der Waals surface area contributed by atoms with Gasteiger partial charge in [-0.1, -0.05) is 30.3 Å². The van der Waals surface area contributed by atoms with Crippen molar-refractivity contribution >= 4 is 18.5 Å². The summed E-state index contributed by atoms with van der Waals surface area (Å²) in [5.74, 6) is -0.0431. The molecule has 2 heterocycles. The number of esters is 1. The second-order valence-electron chi connectivity index (χ2n) is 10.1. The van der Waals surface area contributed by atoms with Gasteiger partial charge >= 0.3 is 12.1 Å². The van der Waals surface area contributed by atoms with Crippen molar-refractivity contribution in [2.45, 2.75) is 52.9 Å². The first-order valence-electron chi connectivity index (χ1n) is 12.2. The van der Waals surface area contributed by atoms with Gasteiger partial charge in [-0.15, -0.1) is 0 Å². The second-order valence-corrected chi connectivity index (χ2v) is 10.1. The molecule has 0 saturated carbocycles. The first-order chi connectivity index (χ1) is 17.6. The molecule has 8 heteroatoms. The van der Waals surface area contributed by atoms with Crippen molar-refractivity contribution < 1.29 is 28.6 Å². The van der Waals surface area contributed by atoms with Crippen molar-refractivity contribution in [3.63, 3.8) is 0 Å². The summed E-state index contributed by atoms with van der Waals surface area (Å²) in [6.45, 7) is 8.69. The normalized spacial score (nSPS) is 13.1. The van der Waals surface area contributed by atoms with Gasteiger partial charge in [0.25, 0.3) is 6.47 Å². The molecule has 0 N–H and O–H groups in total. The van der Waals surface area contributed by atoms with Gasteiger partial charge in [-0.25, -0.2) is 9.59 Å². The van der Waals surface area contributed by atoms with Crippen molar-refractivity contribution in [2.75, 3.05) is 6.54 Å². The van der Waals surface area contributed by atoms with Gasteiger partial charge in [0.2, 0.25) is 0 Å². The highest BCUT2D eigenvalue weighted by Crippen LogP contribution is 2.35. The van der Waals surface area contributed by atoms with E-state index in [1.165, 1.54) is 0 Å². The molecule has 1 amide bonds. The summed E-state index contributed by atoms with van der Waals surface area (Å²) in [7, 11) is 1.85. The average Bonchev–Trinajstić information content (AvgIpc) is 3.14. The van der Waals surface area contributed by atoms with Crippen LogP contribution in [0.1, 0.15) is 53.5 Å². The molecule has 0 unspecified atom stereocenters. The third kappa shape index (κ3) is 5.85. The van der Waals surface area contributed by atoms with Crippen LogP contribution in [-0.2, 0) is 40.9 Å². The number of carbonyl (C=O) groups excluding carboxylic acids is 3. The molecule has 0 fully saturated rings. The smallest absolute Gasteiger partial charge is 0.410 e. The molecule has 0 aliphatic carbocycles. The number of hydrogen-bond acceptors (Lipinski definition) is 6. The van der Waals surface area contributed by atoms with E-state index in [0.717, 1.165) is 28.1 Å². The van der Waals surface area contributed by atoms with Crippen LogP contribution in [0, 0.1) is 6.92 Å². The summed E-state index contributed by atoms with van der Waals surface area (Å²) in [6, 6.07) is 15.1. The zero-order valence-corrected chi connectivity index (χ0v) is 21.9. The van der Waals surface area contributed by atoms with E-state index in [0.29, 0.717) is 42.9 Å². The maximum atomic E-state index is 13.3. The van der Waals surface area contributed by atoms with Crippen molar-refractivity contribution in [1.82, 2.24) is 9.47 Å². The molecule has 0 spiro atoms. The second kappa shape index (κ2) is 10.5. The van der Waals surface area contributed by atoms with Crippen LogP contribution in [0.5, 0.6) is 5.75 Å². The fraction of sp³-hybridized carbons (Fsp3) is 0.345. The maximum Gasteiger partial charge on any atom is 0.410 e. The van der Waals surface area contributed by atoms with Gasteiger partial charge in [-0.3, -0.25) is 4.79 Å². The number of carbonyl (C=O) groups is 3. The van der Waals surface area contributed by atoms with Crippen LogP contribution < -0.4 is 4.74 Å². The molecule has 1 aliphatic heterocycles. The van der Waals surface area contributed by atoms with Crippen LogP contribution in [0.4, 0.5) is 4.79 Å². The summed E-state index contributed by atoms with van der Waals surface area (Å²) >= 11 is 0. The number of rotatable bonds is 6. The number of nitrogens with zero attached hydrogens (tertiary/aromatic N) is 2. The molecule has 37 heavy (non-hydrogen) atoms. The van der Waals surface area contributed by atoms with Crippen molar-refractivity contribution in [2.24, 2.45) is 7.05 Å². The van der Waals surface area contributed by atoms with Crippen LogP contribution in [-0.4, -0.2) is 40.1 Å². The molecule has 194 valence electrons. The number of aromatic nitrogens is 1. The fourth-order valence-electron chi connectivity index (χ4n) is 4.39. The lowest BCUT2D eigenvalue weighted by molar-refractivity contribution is -0.120. The Bertz CT molecular complexity index is 1320. The van der Waals surface area contributed by atoms with Crippen LogP contribution in [0.2, 0.25) is 0 Å². The number of ether oxygens (including phenoxy) is 3. The van der Waals surface area contributed by atoms with Crippen LogP contribution in [0.15, 0.2) is 48.5 Å². The van der Waals surface area contributed by atoms with Gasteiger partial charge in [0.15, 0.2) is 5.75 Å². The van der Waals surface area contributed by atoms with Crippen molar-refractivity contribution in [3.05, 3.63) is 76.5 Å². The molecular weight excluding hydrogens is 472 g/mol. The minimum absolute atomic E-state index is 0.198. The van der Waals surface area contributed by atoms with Gasteiger partial charge in [0.1, 0.15) is 12.2 Å². The average molecular weight is 505 g/mol. The van der Waals surface area contributed by atoms with Crippen LogP contribution in [0.3, 0.4) is 0 Å². The van der Waals surface area contributed by atoms with Crippen LogP contribution in [0.25, 0.3) is 11.3 Å². The molecule has 0 saturated heterocycles. The summed E-state index contributed by atoms with van der Waals surface area (Å²) in [5, 5.41) is 0. The maximum absolute atomic E-state index is 13.3. The van der Waals surface area contributed by atoms with E-state index < -0.39 is 17.7 Å². The zero-order valence-electron chi connectivity index (χ0n) is 21.9. The van der Waals surface area contributed by atoms with E-state index >= 15 is 0 Å². The first kappa shape index (κ1) is 26.0. The van der Waals surface area contributed by atoms with E-state index in [2.05, 4.69) is 0 Å². The topological polar surface area (TPSA) is 87.1 Å². The van der Waals surface area contributed by atoms with Gasteiger partial charge in [0, 0.05) is 31.8 Å². The molecule has 8 nitrogen and oxygen atoms in total. The highest BCUT2D eigenvalue weighted by molar-refractivity contribution is 5.98. The lowest BCUT2D eigenvalue weighted by Gasteiger charge is -2.29. The van der Waals surface area contributed by atoms with E-state index in [1.807, 2.05) is 75.7 Å². The van der Waals surface area contributed by atoms with Gasteiger partial charge in [-0.2, -0.15) is 0 Å². The number of amides is 1. The van der Waals surface area contributed by atoms with E-state index in [-0.39, 0.29) is 6.61 Å². The number of fused-ring (bicyclic) bond motifs is 1. The Hall–Kier alpha value is -4.07. The number of benzene rings is 2. The summed E-state index contributed by atoms with van der Waals surface area (Å²) in [4.78, 5) is 38.7. The Morgan fingerprint density at radius 2 is 1.78 bits per heavy atom. The van der Waals surface area contributed by atoms with Gasteiger partial charge in [-0.05, 0) is 62.9 Å². The Morgan fingerprint density at radius 1 is 1.05 bits per heavy atom. The molecular formula is C29H32N2O6. The molecule has 4 rings (SSSR count). The third-order valence-electron chi connectivity index (χ3n) is 6.37. The quantitative estimate of drug-likeness (QED) is 0.339. The zero-order chi connectivity index (χ0) is 26.7. The molecule has 1 aliphatic rings. The predicted octanol–water partition coefficient (Wildman–Crippen LogP) is 5.19. The molecule has 3 aromatic rings. The number of hydrogen-bond donors (Lipinski definition) is 0. The molecule has 1 aromatic heterocycles. The highest BCUT2D eigenvalue weighted by Gasteiger charge is 2.28. The minimum Gasteiger partial charge on any atom is -0.456 e. The predicted molar refractivity (Wildman–Crippen MR) is 138 cm³/mol. The van der Waals surface area contributed by atoms with Crippen molar-refractivity contribution in [1.29, 1.82) is 0 Å². The van der Waals surface area contributed by atoms with Crippen molar-refractivity contribution in [3.8, 4) is 17.0 Å². The summed E-state index contributed by atoms with van der Waals surface area (Å²) in [6.07, 6.45) is 0.212. The Labute approximate surface area is 216 Å².